The summed E-state index contributed by atoms with van der Waals surface area (Å²) in [7, 11) is 0. The summed E-state index contributed by atoms with van der Waals surface area (Å²) in [6, 6.07) is 0. The highest BCUT2D eigenvalue weighted by molar-refractivity contribution is 5.80. The fourth-order valence-corrected chi connectivity index (χ4v) is 1.46. The first-order chi connectivity index (χ1) is 6.61. The molecule has 0 spiro atoms. The van der Waals surface area contributed by atoms with Gasteiger partial charge in [0.15, 0.2) is 0 Å². The summed E-state index contributed by atoms with van der Waals surface area (Å²) in [5.41, 5.74) is 0. The highest BCUT2D eigenvalue weighted by Crippen LogP contribution is 2.03. The number of amides is 1. The zero-order chi connectivity index (χ0) is 10.6. The van der Waals surface area contributed by atoms with Crippen LogP contribution in [0.2, 0.25) is 0 Å². The van der Waals surface area contributed by atoms with Gasteiger partial charge in [0.1, 0.15) is 0 Å². The lowest BCUT2D eigenvalue weighted by molar-refractivity contribution is -0.128. The number of carbonyl (C=O) groups is 1. The van der Waals surface area contributed by atoms with Crippen molar-refractivity contribution in [3.8, 4) is 0 Å². The van der Waals surface area contributed by atoms with Crippen LogP contribution in [0.3, 0.4) is 0 Å². The van der Waals surface area contributed by atoms with Crippen LogP contribution in [-0.2, 0) is 9.53 Å². The third-order valence-electron chi connectivity index (χ3n) is 2.26. The molecule has 0 saturated carbocycles. The Morgan fingerprint density at radius 2 is 2.36 bits per heavy atom. The Balaban J connectivity index is 2.14. The second kappa shape index (κ2) is 5.32. The Labute approximate surface area is 85.6 Å². The minimum atomic E-state index is 0.158. The Morgan fingerprint density at radius 3 is 2.86 bits per heavy atom. The SMILES string of the molecule is CC(C)COCCN1C(=O)CNC1C. The van der Waals surface area contributed by atoms with E-state index >= 15 is 0 Å². The molecule has 1 saturated heterocycles. The third-order valence-corrected chi connectivity index (χ3v) is 2.26. The minimum Gasteiger partial charge on any atom is -0.379 e. The molecule has 1 unspecified atom stereocenters. The molecule has 0 bridgehead atoms. The van der Waals surface area contributed by atoms with Crippen LogP contribution in [0.1, 0.15) is 20.8 Å². The van der Waals surface area contributed by atoms with E-state index in [1.807, 2.05) is 11.8 Å². The average molecular weight is 200 g/mol. The Bertz CT molecular complexity index is 195. The predicted octanol–water partition coefficient (Wildman–Crippen LogP) is 0.437. The summed E-state index contributed by atoms with van der Waals surface area (Å²) < 4.78 is 5.43. The highest BCUT2D eigenvalue weighted by Gasteiger charge is 2.25. The van der Waals surface area contributed by atoms with Gasteiger partial charge in [-0.2, -0.15) is 0 Å². The molecule has 1 atom stereocenters. The predicted molar refractivity (Wildman–Crippen MR) is 54.8 cm³/mol. The number of rotatable bonds is 5. The normalized spacial score (nSPS) is 22.4. The van der Waals surface area contributed by atoms with Crippen molar-refractivity contribution in [2.45, 2.75) is 26.9 Å². The molecule has 0 aromatic rings. The molecular weight excluding hydrogens is 180 g/mol. The first-order valence-corrected chi connectivity index (χ1v) is 5.22. The maximum absolute atomic E-state index is 11.3. The molecule has 1 rings (SSSR count). The molecule has 0 aliphatic carbocycles. The summed E-state index contributed by atoms with van der Waals surface area (Å²) in [5.74, 6) is 0.727. The van der Waals surface area contributed by atoms with Crippen LogP contribution in [0.4, 0.5) is 0 Å². The molecule has 1 fully saturated rings. The average Bonchev–Trinajstić information content (AvgIpc) is 2.42. The summed E-state index contributed by atoms with van der Waals surface area (Å²) >= 11 is 0. The van der Waals surface area contributed by atoms with E-state index in [1.165, 1.54) is 0 Å². The number of nitrogens with zero attached hydrogens (tertiary/aromatic N) is 1. The van der Waals surface area contributed by atoms with Crippen molar-refractivity contribution in [1.82, 2.24) is 10.2 Å². The Morgan fingerprint density at radius 1 is 1.64 bits per heavy atom. The van der Waals surface area contributed by atoms with E-state index < -0.39 is 0 Å². The molecule has 0 radical (unpaired) electrons. The van der Waals surface area contributed by atoms with Crippen LogP contribution in [0.25, 0.3) is 0 Å². The summed E-state index contributed by atoms with van der Waals surface area (Å²) in [6.45, 7) is 8.79. The van der Waals surface area contributed by atoms with Crippen LogP contribution in [-0.4, -0.2) is 43.3 Å². The fourth-order valence-electron chi connectivity index (χ4n) is 1.46. The van der Waals surface area contributed by atoms with Gasteiger partial charge in [-0.25, -0.2) is 0 Å². The molecule has 4 heteroatoms. The molecule has 4 nitrogen and oxygen atoms in total. The van der Waals surface area contributed by atoms with E-state index in [1.54, 1.807) is 0 Å². The lowest BCUT2D eigenvalue weighted by atomic mass is 10.2. The Hall–Kier alpha value is -0.610. The third kappa shape index (κ3) is 3.27. The zero-order valence-corrected chi connectivity index (χ0v) is 9.25. The van der Waals surface area contributed by atoms with Crippen molar-refractivity contribution in [2.24, 2.45) is 5.92 Å². The number of carbonyl (C=O) groups excluding carboxylic acids is 1. The van der Waals surface area contributed by atoms with Crippen molar-refractivity contribution in [3.63, 3.8) is 0 Å². The van der Waals surface area contributed by atoms with E-state index in [-0.39, 0.29) is 12.1 Å². The van der Waals surface area contributed by atoms with E-state index in [0.717, 1.165) is 6.61 Å². The molecule has 14 heavy (non-hydrogen) atoms. The van der Waals surface area contributed by atoms with Gasteiger partial charge in [-0.15, -0.1) is 0 Å². The van der Waals surface area contributed by atoms with E-state index in [4.69, 9.17) is 4.74 Å². The quantitative estimate of drug-likeness (QED) is 0.655. The van der Waals surface area contributed by atoms with Gasteiger partial charge in [-0.3, -0.25) is 10.1 Å². The second-order valence-corrected chi connectivity index (χ2v) is 4.11. The van der Waals surface area contributed by atoms with Crippen LogP contribution in [0.15, 0.2) is 0 Å². The van der Waals surface area contributed by atoms with Gasteiger partial charge < -0.3 is 9.64 Å². The second-order valence-electron chi connectivity index (χ2n) is 4.11. The monoisotopic (exact) mass is 200 g/mol. The van der Waals surface area contributed by atoms with Gasteiger partial charge in [0, 0.05) is 13.2 Å². The van der Waals surface area contributed by atoms with Gasteiger partial charge in [-0.05, 0) is 12.8 Å². The first kappa shape index (κ1) is 11.5. The van der Waals surface area contributed by atoms with Crippen molar-refractivity contribution in [1.29, 1.82) is 0 Å². The largest absolute Gasteiger partial charge is 0.379 e. The number of ether oxygens (including phenoxy) is 1. The lowest BCUT2D eigenvalue weighted by Crippen LogP contribution is -2.37. The highest BCUT2D eigenvalue weighted by atomic mass is 16.5. The van der Waals surface area contributed by atoms with Crippen molar-refractivity contribution < 1.29 is 9.53 Å². The summed E-state index contributed by atoms with van der Waals surface area (Å²) in [5, 5.41) is 3.09. The van der Waals surface area contributed by atoms with E-state index in [0.29, 0.717) is 25.6 Å². The molecule has 1 aliphatic heterocycles. The molecule has 0 aromatic heterocycles. The van der Waals surface area contributed by atoms with E-state index in [2.05, 4.69) is 19.2 Å². The van der Waals surface area contributed by atoms with Crippen LogP contribution in [0.5, 0.6) is 0 Å². The molecule has 82 valence electrons. The number of hydrogen-bond acceptors (Lipinski definition) is 3. The van der Waals surface area contributed by atoms with Crippen molar-refractivity contribution in [3.05, 3.63) is 0 Å². The summed E-state index contributed by atoms with van der Waals surface area (Å²) in [6.07, 6.45) is 0.158. The minimum absolute atomic E-state index is 0.158. The van der Waals surface area contributed by atoms with Gasteiger partial charge in [0.2, 0.25) is 5.91 Å². The van der Waals surface area contributed by atoms with Crippen LogP contribution < -0.4 is 5.32 Å². The molecule has 0 aromatic carbocycles. The van der Waals surface area contributed by atoms with Crippen LogP contribution in [0, 0.1) is 5.92 Å². The summed E-state index contributed by atoms with van der Waals surface area (Å²) in [4.78, 5) is 13.1. The molecular formula is C10H20N2O2. The van der Waals surface area contributed by atoms with Gasteiger partial charge in [-0.1, -0.05) is 13.8 Å². The van der Waals surface area contributed by atoms with E-state index in [9.17, 15) is 4.79 Å². The van der Waals surface area contributed by atoms with Gasteiger partial charge >= 0.3 is 0 Å². The van der Waals surface area contributed by atoms with Crippen LogP contribution >= 0.6 is 0 Å². The standard InChI is InChI=1S/C10H20N2O2/c1-8(2)7-14-5-4-12-9(3)11-6-10(12)13/h8-9,11H,4-7H2,1-3H3. The zero-order valence-electron chi connectivity index (χ0n) is 9.25. The maximum atomic E-state index is 11.3. The molecule has 1 N–H and O–H groups in total. The molecule has 1 amide bonds. The van der Waals surface area contributed by atoms with Gasteiger partial charge in [0.05, 0.1) is 19.3 Å². The number of hydrogen-bond donors (Lipinski definition) is 1. The van der Waals surface area contributed by atoms with Crippen molar-refractivity contribution in [2.75, 3.05) is 26.3 Å². The molecule has 1 aliphatic rings. The number of nitrogens with one attached hydrogen (secondary N) is 1. The smallest absolute Gasteiger partial charge is 0.237 e. The van der Waals surface area contributed by atoms with Crippen molar-refractivity contribution >= 4 is 5.91 Å². The van der Waals surface area contributed by atoms with Gasteiger partial charge in [0.25, 0.3) is 0 Å². The lowest BCUT2D eigenvalue weighted by Gasteiger charge is -2.20. The maximum Gasteiger partial charge on any atom is 0.237 e. The topological polar surface area (TPSA) is 41.6 Å². The fraction of sp³-hybridized carbons (Fsp3) is 0.900. The Kier molecular flexibility index (Phi) is 4.35. The molecule has 1 heterocycles. The first-order valence-electron chi connectivity index (χ1n) is 5.22.